The minimum Gasteiger partial charge on any atom is -0.356 e. The summed E-state index contributed by atoms with van der Waals surface area (Å²) in [5, 5.41) is 16.8. The van der Waals surface area contributed by atoms with Crippen LogP contribution in [0.1, 0.15) is 5.56 Å². The zero-order valence-corrected chi connectivity index (χ0v) is 19.3. The summed E-state index contributed by atoms with van der Waals surface area (Å²) in [6.07, 6.45) is 0.667. The van der Waals surface area contributed by atoms with Crippen molar-refractivity contribution in [3.63, 3.8) is 0 Å². The molecule has 0 fully saturated rings. The molecule has 0 heterocycles. The molecule has 0 amide bonds. The number of aliphatic imine (C=N–C) groups is 1. The summed E-state index contributed by atoms with van der Waals surface area (Å²) in [4.78, 5) is 14.0. The van der Waals surface area contributed by atoms with Gasteiger partial charge in [0.1, 0.15) is 5.82 Å². The summed E-state index contributed by atoms with van der Waals surface area (Å²) in [6, 6.07) is 11.0. The molecule has 0 unspecified atom stereocenters. The lowest BCUT2D eigenvalue weighted by atomic mass is 10.1. The number of nitro benzene ring substituents is 1. The number of nitro groups is 1. The van der Waals surface area contributed by atoms with Crippen molar-refractivity contribution >= 4 is 45.6 Å². The average Bonchev–Trinajstić information content (AvgIpc) is 2.71. The van der Waals surface area contributed by atoms with Crippen LogP contribution in [-0.2, 0) is 16.4 Å². The highest BCUT2D eigenvalue weighted by atomic mass is 127. The molecule has 12 heteroatoms. The Hall–Kier alpha value is -2.32. The Morgan fingerprint density at radius 3 is 2.40 bits per heavy atom. The Kier molecular flexibility index (Phi) is 10.6. The minimum atomic E-state index is -3.86. The zero-order valence-electron chi connectivity index (χ0n) is 16.2. The largest absolute Gasteiger partial charge is 0.356 e. The van der Waals surface area contributed by atoms with Crippen LogP contribution in [0.15, 0.2) is 58.4 Å². The Morgan fingerprint density at radius 1 is 1.10 bits per heavy atom. The lowest BCUT2D eigenvalue weighted by Gasteiger charge is -2.12. The number of hydrogen-bond acceptors (Lipinski definition) is 5. The van der Waals surface area contributed by atoms with Crippen molar-refractivity contribution in [2.75, 3.05) is 26.7 Å². The predicted molar refractivity (Wildman–Crippen MR) is 123 cm³/mol. The fourth-order valence-corrected chi connectivity index (χ4v) is 3.48. The molecular formula is C18H23FIN5O4S. The standard InChI is InChI=1S/C18H22FN5O4S.HI/c1-20-18(21-10-9-14-5-7-15(19)8-6-14)22-11-12-23-29(27,28)17-4-2-3-16(13-17)24(25)26;/h2-8,13,23H,9-12H2,1H3,(H2,20,21,22);1H. The van der Waals surface area contributed by atoms with E-state index in [1.165, 1.54) is 30.3 Å². The van der Waals surface area contributed by atoms with Gasteiger partial charge in [0.05, 0.1) is 9.82 Å². The van der Waals surface area contributed by atoms with Gasteiger partial charge in [-0.1, -0.05) is 18.2 Å². The van der Waals surface area contributed by atoms with E-state index in [1.54, 1.807) is 19.2 Å². The molecule has 9 nitrogen and oxygen atoms in total. The van der Waals surface area contributed by atoms with Crippen LogP contribution in [0.5, 0.6) is 0 Å². The van der Waals surface area contributed by atoms with Gasteiger partial charge in [0.25, 0.3) is 5.69 Å². The molecule has 0 radical (unpaired) electrons. The lowest BCUT2D eigenvalue weighted by molar-refractivity contribution is -0.385. The van der Waals surface area contributed by atoms with Gasteiger partial charge in [-0.05, 0) is 30.2 Å². The van der Waals surface area contributed by atoms with Crippen LogP contribution >= 0.6 is 24.0 Å². The molecule has 0 atom stereocenters. The van der Waals surface area contributed by atoms with Crippen molar-refractivity contribution in [3.05, 3.63) is 70.0 Å². The van der Waals surface area contributed by atoms with Gasteiger partial charge < -0.3 is 10.6 Å². The van der Waals surface area contributed by atoms with E-state index in [0.717, 1.165) is 11.6 Å². The second-order valence-corrected chi connectivity index (χ2v) is 7.72. The van der Waals surface area contributed by atoms with Crippen LogP contribution in [0.25, 0.3) is 0 Å². The Balaban J connectivity index is 0.00000450. The topological polar surface area (TPSA) is 126 Å². The summed E-state index contributed by atoms with van der Waals surface area (Å²) in [5.41, 5.74) is 0.677. The lowest BCUT2D eigenvalue weighted by Crippen LogP contribution is -2.42. The molecule has 2 rings (SSSR count). The Bertz CT molecular complexity index is 971. The maximum Gasteiger partial charge on any atom is 0.270 e. The van der Waals surface area contributed by atoms with E-state index in [2.05, 4.69) is 20.3 Å². The molecule has 0 saturated heterocycles. The third-order valence-electron chi connectivity index (χ3n) is 3.89. The van der Waals surface area contributed by atoms with E-state index in [4.69, 9.17) is 0 Å². The van der Waals surface area contributed by atoms with Crippen molar-refractivity contribution in [2.24, 2.45) is 4.99 Å². The number of rotatable bonds is 9. The zero-order chi connectivity index (χ0) is 21.3. The van der Waals surface area contributed by atoms with Gasteiger partial charge in [-0.3, -0.25) is 15.1 Å². The van der Waals surface area contributed by atoms with E-state index < -0.39 is 14.9 Å². The van der Waals surface area contributed by atoms with Crippen molar-refractivity contribution in [1.82, 2.24) is 15.4 Å². The number of halogens is 2. The molecular weight excluding hydrogens is 528 g/mol. The van der Waals surface area contributed by atoms with Gasteiger partial charge in [-0.2, -0.15) is 0 Å². The molecule has 2 aromatic carbocycles. The van der Waals surface area contributed by atoms with Crippen molar-refractivity contribution in [3.8, 4) is 0 Å². The summed E-state index contributed by atoms with van der Waals surface area (Å²) in [7, 11) is -2.28. The molecule has 0 saturated carbocycles. The summed E-state index contributed by atoms with van der Waals surface area (Å²) in [5.74, 6) is 0.202. The van der Waals surface area contributed by atoms with Gasteiger partial charge in [-0.25, -0.2) is 17.5 Å². The normalized spacial score (nSPS) is 11.5. The molecule has 164 valence electrons. The smallest absolute Gasteiger partial charge is 0.270 e. The minimum absolute atomic E-state index is 0. The number of guanidine groups is 1. The summed E-state index contributed by atoms with van der Waals surface area (Å²) < 4.78 is 39.7. The first-order valence-corrected chi connectivity index (χ1v) is 10.2. The van der Waals surface area contributed by atoms with Gasteiger partial charge in [0.15, 0.2) is 5.96 Å². The molecule has 0 aliphatic rings. The number of nitrogens with zero attached hydrogens (tertiary/aromatic N) is 2. The van der Waals surface area contributed by atoms with Gasteiger partial charge in [0, 0.05) is 38.8 Å². The second-order valence-electron chi connectivity index (χ2n) is 5.95. The third kappa shape index (κ3) is 8.20. The highest BCUT2D eigenvalue weighted by Gasteiger charge is 2.17. The predicted octanol–water partition coefficient (Wildman–Crippen LogP) is 2.04. The first-order valence-electron chi connectivity index (χ1n) is 8.75. The van der Waals surface area contributed by atoms with Crippen LogP contribution in [0.2, 0.25) is 0 Å². The van der Waals surface area contributed by atoms with Crippen LogP contribution in [0.3, 0.4) is 0 Å². The highest BCUT2D eigenvalue weighted by molar-refractivity contribution is 14.0. The van der Waals surface area contributed by atoms with Gasteiger partial charge in [0.2, 0.25) is 10.0 Å². The maximum atomic E-state index is 12.9. The molecule has 0 aromatic heterocycles. The summed E-state index contributed by atoms with van der Waals surface area (Å²) >= 11 is 0. The summed E-state index contributed by atoms with van der Waals surface area (Å²) in [6.45, 7) is 0.874. The van der Waals surface area contributed by atoms with Crippen molar-refractivity contribution in [2.45, 2.75) is 11.3 Å². The van der Waals surface area contributed by atoms with E-state index in [0.29, 0.717) is 18.9 Å². The molecule has 0 aliphatic carbocycles. The first-order chi connectivity index (χ1) is 13.8. The van der Waals surface area contributed by atoms with E-state index >= 15 is 0 Å². The van der Waals surface area contributed by atoms with Crippen LogP contribution < -0.4 is 15.4 Å². The number of sulfonamides is 1. The maximum absolute atomic E-state index is 12.9. The fourth-order valence-electron chi connectivity index (χ4n) is 2.41. The van der Waals surface area contributed by atoms with Gasteiger partial charge >= 0.3 is 0 Å². The van der Waals surface area contributed by atoms with Crippen molar-refractivity contribution in [1.29, 1.82) is 0 Å². The van der Waals surface area contributed by atoms with E-state index in [1.807, 2.05) is 0 Å². The average molecular weight is 551 g/mol. The quantitative estimate of drug-likeness (QED) is 0.109. The van der Waals surface area contributed by atoms with E-state index in [-0.39, 0.29) is 53.5 Å². The molecule has 0 bridgehead atoms. The molecule has 2 aromatic rings. The van der Waals surface area contributed by atoms with Crippen LogP contribution in [0.4, 0.5) is 10.1 Å². The van der Waals surface area contributed by atoms with E-state index in [9.17, 15) is 22.9 Å². The van der Waals surface area contributed by atoms with Crippen LogP contribution in [0, 0.1) is 15.9 Å². The monoisotopic (exact) mass is 551 g/mol. The highest BCUT2D eigenvalue weighted by Crippen LogP contribution is 2.16. The first kappa shape index (κ1) is 25.7. The third-order valence-corrected chi connectivity index (χ3v) is 5.35. The number of nitrogens with one attached hydrogen (secondary N) is 3. The van der Waals surface area contributed by atoms with Gasteiger partial charge in [-0.15, -0.1) is 24.0 Å². The second kappa shape index (κ2) is 12.4. The number of hydrogen-bond donors (Lipinski definition) is 3. The molecule has 30 heavy (non-hydrogen) atoms. The molecule has 0 spiro atoms. The Morgan fingerprint density at radius 2 is 1.77 bits per heavy atom. The van der Waals surface area contributed by atoms with Crippen molar-refractivity contribution < 1.29 is 17.7 Å². The van der Waals surface area contributed by atoms with Crippen LogP contribution in [-0.4, -0.2) is 46.0 Å². The number of non-ortho nitro benzene ring substituents is 1. The Labute approximate surface area is 191 Å². The fraction of sp³-hybridized carbons (Fsp3) is 0.278. The molecule has 0 aliphatic heterocycles. The molecule has 3 N–H and O–H groups in total. The SMILES string of the molecule is CN=C(NCCNS(=O)(=O)c1cccc([N+](=O)[O-])c1)NCCc1ccc(F)cc1.I. The number of benzene rings is 2.